The van der Waals surface area contributed by atoms with Gasteiger partial charge in [-0.25, -0.2) is 0 Å². The zero-order valence-corrected chi connectivity index (χ0v) is 15.1. The lowest BCUT2D eigenvalue weighted by molar-refractivity contribution is 0.102. The van der Waals surface area contributed by atoms with Crippen LogP contribution in [0.3, 0.4) is 0 Å². The smallest absolute Gasteiger partial charge is 0.255 e. The molecule has 3 aromatic rings. The molecule has 3 aromatic carbocycles. The van der Waals surface area contributed by atoms with Crippen molar-refractivity contribution < 1.29 is 4.79 Å². The standard InChI is InChI=1S/C22H20N2O.ClH/c23-21-14-20(21)16-9-11-19(12-10-16)24-22(25)18-8-4-7-17(13-18)15-5-2-1-3-6-15;/h1-13,20-21H,14,23H2,(H,24,25);1H. The summed E-state index contributed by atoms with van der Waals surface area (Å²) in [6.45, 7) is 0. The summed E-state index contributed by atoms with van der Waals surface area (Å²) in [4.78, 5) is 12.5. The molecule has 1 amide bonds. The number of carbonyl (C=O) groups excluding carboxylic acids is 1. The monoisotopic (exact) mass is 364 g/mol. The Bertz CT molecular complexity index is 894. The first-order valence-electron chi connectivity index (χ1n) is 8.53. The average molecular weight is 365 g/mol. The third-order valence-corrected chi connectivity index (χ3v) is 4.67. The van der Waals surface area contributed by atoms with Crippen LogP contribution in [0.2, 0.25) is 0 Å². The van der Waals surface area contributed by atoms with Crippen molar-refractivity contribution in [1.29, 1.82) is 0 Å². The maximum Gasteiger partial charge on any atom is 0.255 e. The van der Waals surface area contributed by atoms with Gasteiger partial charge in [-0.2, -0.15) is 0 Å². The summed E-state index contributed by atoms with van der Waals surface area (Å²) in [7, 11) is 0. The summed E-state index contributed by atoms with van der Waals surface area (Å²) in [5, 5.41) is 2.96. The molecular formula is C22H21ClN2O. The number of carbonyl (C=O) groups is 1. The van der Waals surface area contributed by atoms with Crippen LogP contribution in [0.5, 0.6) is 0 Å². The van der Waals surface area contributed by atoms with Crippen LogP contribution < -0.4 is 11.1 Å². The van der Waals surface area contributed by atoms with Gasteiger partial charge in [0.05, 0.1) is 0 Å². The number of halogens is 1. The quantitative estimate of drug-likeness (QED) is 0.695. The normalized spacial score (nSPS) is 17.9. The predicted octanol–water partition coefficient (Wildman–Crippen LogP) is 4.84. The molecule has 0 heterocycles. The lowest BCUT2D eigenvalue weighted by Gasteiger charge is -2.08. The Labute approximate surface area is 159 Å². The fourth-order valence-electron chi connectivity index (χ4n) is 3.09. The molecule has 1 aliphatic carbocycles. The zero-order valence-electron chi connectivity index (χ0n) is 14.3. The minimum atomic E-state index is -0.103. The largest absolute Gasteiger partial charge is 0.327 e. The molecule has 0 radical (unpaired) electrons. The Kier molecular flexibility index (Phi) is 5.40. The lowest BCUT2D eigenvalue weighted by atomic mass is 10.0. The van der Waals surface area contributed by atoms with Crippen LogP contribution in [-0.4, -0.2) is 11.9 Å². The number of nitrogens with two attached hydrogens (primary N) is 1. The van der Waals surface area contributed by atoms with E-state index in [-0.39, 0.29) is 18.3 Å². The molecule has 3 N–H and O–H groups in total. The molecule has 0 aromatic heterocycles. The van der Waals surface area contributed by atoms with E-state index in [9.17, 15) is 4.79 Å². The number of anilines is 1. The number of amides is 1. The van der Waals surface area contributed by atoms with E-state index in [4.69, 9.17) is 5.73 Å². The van der Waals surface area contributed by atoms with Crippen molar-refractivity contribution in [1.82, 2.24) is 0 Å². The van der Waals surface area contributed by atoms with Crippen LogP contribution >= 0.6 is 12.4 Å². The Morgan fingerprint density at radius 1 is 0.885 bits per heavy atom. The topological polar surface area (TPSA) is 55.1 Å². The van der Waals surface area contributed by atoms with Crippen molar-refractivity contribution >= 4 is 24.0 Å². The van der Waals surface area contributed by atoms with Gasteiger partial charge in [0, 0.05) is 23.2 Å². The molecule has 0 saturated heterocycles. The van der Waals surface area contributed by atoms with Crippen molar-refractivity contribution in [3.8, 4) is 11.1 Å². The summed E-state index contributed by atoms with van der Waals surface area (Å²) in [6, 6.07) is 26.0. The number of nitrogens with one attached hydrogen (secondary N) is 1. The van der Waals surface area contributed by atoms with Crippen LogP contribution in [0.1, 0.15) is 28.3 Å². The predicted molar refractivity (Wildman–Crippen MR) is 109 cm³/mol. The van der Waals surface area contributed by atoms with E-state index in [0.717, 1.165) is 23.2 Å². The Morgan fingerprint density at radius 3 is 2.19 bits per heavy atom. The summed E-state index contributed by atoms with van der Waals surface area (Å²) in [5.74, 6) is 0.376. The van der Waals surface area contributed by atoms with Gasteiger partial charge in [0.15, 0.2) is 0 Å². The highest BCUT2D eigenvalue weighted by molar-refractivity contribution is 6.05. The Balaban J connectivity index is 0.00000196. The van der Waals surface area contributed by atoms with Gasteiger partial charge in [-0.15, -0.1) is 12.4 Å². The van der Waals surface area contributed by atoms with E-state index in [1.165, 1.54) is 5.56 Å². The van der Waals surface area contributed by atoms with Gasteiger partial charge in [-0.1, -0.05) is 54.6 Å². The molecule has 1 saturated carbocycles. The second-order valence-corrected chi connectivity index (χ2v) is 6.53. The second kappa shape index (κ2) is 7.73. The van der Waals surface area contributed by atoms with Gasteiger partial charge < -0.3 is 11.1 Å². The number of rotatable bonds is 4. The zero-order chi connectivity index (χ0) is 17.2. The van der Waals surface area contributed by atoms with Crippen molar-refractivity contribution in [2.24, 2.45) is 5.73 Å². The highest BCUT2D eigenvalue weighted by Gasteiger charge is 2.34. The van der Waals surface area contributed by atoms with Crippen LogP contribution in [-0.2, 0) is 0 Å². The molecule has 1 fully saturated rings. The van der Waals surface area contributed by atoms with E-state index < -0.39 is 0 Å². The van der Waals surface area contributed by atoms with E-state index in [1.807, 2.05) is 78.9 Å². The minimum Gasteiger partial charge on any atom is -0.327 e. The fourth-order valence-corrected chi connectivity index (χ4v) is 3.09. The van der Waals surface area contributed by atoms with E-state index in [2.05, 4.69) is 5.32 Å². The van der Waals surface area contributed by atoms with Gasteiger partial charge in [0.2, 0.25) is 0 Å². The molecule has 4 heteroatoms. The van der Waals surface area contributed by atoms with Crippen molar-refractivity contribution in [3.63, 3.8) is 0 Å². The maximum absolute atomic E-state index is 12.5. The Hall–Kier alpha value is -2.62. The molecule has 0 bridgehead atoms. The highest BCUT2D eigenvalue weighted by Crippen LogP contribution is 2.39. The third kappa shape index (κ3) is 3.96. The summed E-state index contributed by atoms with van der Waals surface area (Å²) in [6.07, 6.45) is 1.05. The van der Waals surface area contributed by atoms with E-state index in [0.29, 0.717) is 17.5 Å². The second-order valence-electron chi connectivity index (χ2n) is 6.53. The SMILES string of the molecule is Cl.NC1CC1c1ccc(NC(=O)c2cccc(-c3ccccc3)c2)cc1. The number of hydrogen-bond acceptors (Lipinski definition) is 2. The van der Waals surface area contributed by atoms with Gasteiger partial charge in [0.1, 0.15) is 0 Å². The summed E-state index contributed by atoms with van der Waals surface area (Å²) < 4.78 is 0. The molecule has 4 rings (SSSR count). The van der Waals surface area contributed by atoms with Crippen molar-refractivity contribution in [2.45, 2.75) is 18.4 Å². The minimum absolute atomic E-state index is 0. The molecule has 0 aliphatic heterocycles. The first kappa shape index (κ1) is 18.2. The van der Waals surface area contributed by atoms with Crippen LogP contribution in [0.25, 0.3) is 11.1 Å². The summed E-state index contributed by atoms with van der Waals surface area (Å²) >= 11 is 0. The average Bonchev–Trinajstić information content (AvgIpc) is 3.40. The first-order valence-corrected chi connectivity index (χ1v) is 8.53. The molecule has 26 heavy (non-hydrogen) atoms. The summed E-state index contributed by atoms with van der Waals surface area (Å²) in [5.41, 5.74) is 10.7. The number of benzene rings is 3. The molecule has 2 unspecified atom stereocenters. The Morgan fingerprint density at radius 2 is 1.54 bits per heavy atom. The van der Waals surface area contributed by atoms with E-state index in [1.54, 1.807) is 0 Å². The lowest BCUT2D eigenvalue weighted by Crippen LogP contribution is -2.11. The van der Waals surface area contributed by atoms with Gasteiger partial charge in [-0.3, -0.25) is 4.79 Å². The molecule has 2 atom stereocenters. The van der Waals surface area contributed by atoms with Crippen LogP contribution in [0.4, 0.5) is 5.69 Å². The first-order chi connectivity index (χ1) is 12.2. The molecule has 132 valence electrons. The van der Waals surface area contributed by atoms with Crippen LogP contribution in [0.15, 0.2) is 78.9 Å². The third-order valence-electron chi connectivity index (χ3n) is 4.67. The van der Waals surface area contributed by atoms with E-state index >= 15 is 0 Å². The molecular weight excluding hydrogens is 344 g/mol. The van der Waals surface area contributed by atoms with Crippen molar-refractivity contribution in [2.75, 3.05) is 5.32 Å². The fraction of sp³-hybridized carbons (Fsp3) is 0.136. The molecule has 3 nitrogen and oxygen atoms in total. The highest BCUT2D eigenvalue weighted by atomic mass is 35.5. The van der Waals surface area contributed by atoms with Gasteiger partial charge >= 0.3 is 0 Å². The van der Waals surface area contributed by atoms with Gasteiger partial charge in [0.25, 0.3) is 5.91 Å². The van der Waals surface area contributed by atoms with Crippen LogP contribution in [0, 0.1) is 0 Å². The van der Waals surface area contributed by atoms with Crippen molar-refractivity contribution in [3.05, 3.63) is 90.0 Å². The van der Waals surface area contributed by atoms with Gasteiger partial charge in [-0.05, 0) is 47.4 Å². The molecule has 1 aliphatic rings. The number of hydrogen-bond donors (Lipinski definition) is 2. The molecule has 0 spiro atoms. The maximum atomic E-state index is 12.5.